The molecule has 0 aliphatic heterocycles. The van der Waals surface area contributed by atoms with Gasteiger partial charge in [-0.2, -0.15) is 4.39 Å². The zero-order valence-electron chi connectivity index (χ0n) is 10.5. The number of aromatic nitrogens is 1. The van der Waals surface area contributed by atoms with Crippen molar-refractivity contribution in [2.75, 3.05) is 6.54 Å². The van der Waals surface area contributed by atoms with E-state index in [-0.39, 0.29) is 11.5 Å². The third-order valence-corrected chi connectivity index (χ3v) is 3.57. The minimum Gasteiger partial charge on any atom is -0.352 e. The molecule has 2 rings (SSSR count). The highest BCUT2D eigenvalue weighted by atomic mass is 19.1. The smallest absolute Gasteiger partial charge is 0.255 e. The van der Waals surface area contributed by atoms with Gasteiger partial charge in [-0.05, 0) is 24.5 Å². The number of rotatable bonds is 4. The molecule has 1 heterocycles. The molecule has 0 unspecified atom stereocenters. The fraction of sp³-hybridized carbons (Fsp3) is 0.571. The van der Waals surface area contributed by atoms with E-state index in [2.05, 4.69) is 10.3 Å². The summed E-state index contributed by atoms with van der Waals surface area (Å²) in [7, 11) is 0. The molecule has 1 aliphatic carbocycles. The maximum absolute atomic E-state index is 13.3. The molecule has 1 saturated carbocycles. The lowest BCUT2D eigenvalue weighted by Gasteiger charge is -2.21. The summed E-state index contributed by atoms with van der Waals surface area (Å²) in [6.45, 7) is 0.623. The van der Waals surface area contributed by atoms with Crippen molar-refractivity contribution in [1.82, 2.24) is 10.3 Å². The van der Waals surface area contributed by atoms with Gasteiger partial charge in [0, 0.05) is 12.7 Å². The number of carbonyl (C=O) groups is 1. The van der Waals surface area contributed by atoms with Crippen molar-refractivity contribution < 1.29 is 9.18 Å². The van der Waals surface area contributed by atoms with Gasteiger partial charge in [0.25, 0.3) is 5.91 Å². The van der Waals surface area contributed by atoms with Gasteiger partial charge < -0.3 is 5.32 Å². The first-order valence-electron chi connectivity index (χ1n) is 6.66. The number of nitrogens with zero attached hydrogens (tertiary/aromatic N) is 1. The summed E-state index contributed by atoms with van der Waals surface area (Å²) in [6.07, 6.45) is 8.80. The molecule has 1 aromatic rings. The van der Waals surface area contributed by atoms with E-state index in [1.54, 1.807) is 6.07 Å². The van der Waals surface area contributed by atoms with Crippen LogP contribution >= 0.6 is 0 Å². The van der Waals surface area contributed by atoms with E-state index in [0.717, 1.165) is 12.3 Å². The minimum atomic E-state index is -0.701. The summed E-state index contributed by atoms with van der Waals surface area (Å²) in [5.41, 5.74) is 0.0288. The molecular formula is C14H19FN2O. The minimum absolute atomic E-state index is 0.0288. The van der Waals surface area contributed by atoms with Crippen molar-refractivity contribution in [1.29, 1.82) is 0 Å². The maximum atomic E-state index is 13.3. The Bertz CT molecular complexity index is 403. The Morgan fingerprint density at radius 2 is 2.17 bits per heavy atom. The monoisotopic (exact) mass is 250 g/mol. The van der Waals surface area contributed by atoms with Crippen molar-refractivity contribution in [2.45, 2.75) is 38.5 Å². The molecule has 4 heteroatoms. The number of amides is 1. The first-order chi connectivity index (χ1) is 8.77. The molecule has 1 aliphatic rings. The van der Waals surface area contributed by atoms with Crippen LogP contribution in [-0.2, 0) is 0 Å². The molecule has 0 aromatic carbocycles. The van der Waals surface area contributed by atoms with Crippen LogP contribution in [0.5, 0.6) is 0 Å². The summed E-state index contributed by atoms with van der Waals surface area (Å²) < 4.78 is 13.3. The highest BCUT2D eigenvalue weighted by Crippen LogP contribution is 2.25. The van der Waals surface area contributed by atoms with E-state index in [1.165, 1.54) is 44.4 Å². The molecule has 0 atom stereocenters. The van der Waals surface area contributed by atoms with Crippen LogP contribution in [0.2, 0.25) is 0 Å². The topological polar surface area (TPSA) is 42.0 Å². The second-order valence-electron chi connectivity index (χ2n) is 4.89. The van der Waals surface area contributed by atoms with E-state index in [4.69, 9.17) is 0 Å². The average molecular weight is 250 g/mol. The van der Waals surface area contributed by atoms with Crippen molar-refractivity contribution in [3.05, 3.63) is 29.8 Å². The standard InChI is InChI=1S/C14H19FN2O/c15-13-12(7-4-9-16-13)14(18)17-10-8-11-5-2-1-3-6-11/h4,7,9,11H,1-3,5-6,8,10H2,(H,17,18). The zero-order chi connectivity index (χ0) is 12.8. The van der Waals surface area contributed by atoms with Crippen molar-refractivity contribution in [2.24, 2.45) is 5.92 Å². The molecule has 3 nitrogen and oxygen atoms in total. The summed E-state index contributed by atoms with van der Waals surface area (Å²) in [4.78, 5) is 15.2. The second kappa shape index (κ2) is 6.47. The molecule has 0 bridgehead atoms. The van der Waals surface area contributed by atoms with Gasteiger partial charge in [0.1, 0.15) is 0 Å². The molecule has 1 amide bonds. The predicted octanol–water partition coefficient (Wildman–Crippen LogP) is 2.92. The van der Waals surface area contributed by atoms with Crippen LogP contribution in [0.3, 0.4) is 0 Å². The van der Waals surface area contributed by atoms with Gasteiger partial charge in [0.05, 0.1) is 5.56 Å². The fourth-order valence-corrected chi connectivity index (χ4v) is 2.52. The lowest BCUT2D eigenvalue weighted by atomic mass is 9.87. The quantitative estimate of drug-likeness (QED) is 0.835. The fourth-order valence-electron chi connectivity index (χ4n) is 2.52. The van der Waals surface area contributed by atoms with Crippen LogP contribution < -0.4 is 5.32 Å². The van der Waals surface area contributed by atoms with E-state index in [0.29, 0.717) is 6.54 Å². The molecule has 98 valence electrons. The Hall–Kier alpha value is -1.45. The predicted molar refractivity (Wildman–Crippen MR) is 67.7 cm³/mol. The highest BCUT2D eigenvalue weighted by Gasteiger charge is 2.15. The molecule has 0 spiro atoms. The highest BCUT2D eigenvalue weighted by molar-refractivity contribution is 5.94. The Labute approximate surface area is 107 Å². The van der Waals surface area contributed by atoms with Gasteiger partial charge in [0.2, 0.25) is 5.95 Å². The molecule has 0 radical (unpaired) electrons. The third kappa shape index (κ3) is 3.52. The first-order valence-corrected chi connectivity index (χ1v) is 6.66. The molecule has 1 N–H and O–H groups in total. The summed E-state index contributed by atoms with van der Waals surface area (Å²) in [6, 6.07) is 3.03. The number of pyridine rings is 1. The molecule has 0 saturated heterocycles. The number of hydrogen-bond acceptors (Lipinski definition) is 2. The Balaban J connectivity index is 1.76. The van der Waals surface area contributed by atoms with Crippen LogP contribution in [0, 0.1) is 11.9 Å². The van der Waals surface area contributed by atoms with Crippen molar-refractivity contribution >= 4 is 5.91 Å². The van der Waals surface area contributed by atoms with Crippen LogP contribution in [0.25, 0.3) is 0 Å². The average Bonchev–Trinajstić information content (AvgIpc) is 2.40. The van der Waals surface area contributed by atoms with Crippen molar-refractivity contribution in [3.63, 3.8) is 0 Å². The first kappa shape index (κ1) is 13.0. The molecule has 18 heavy (non-hydrogen) atoms. The van der Waals surface area contributed by atoms with Gasteiger partial charge in [-0.1, -0.05) is 32.1 Å². The second-order valence-corrected chi connectivity index (χ2v) is 4.89. The van der Waals surface area contributed by atoms with E-state index >= 15 is 0 Å². The van der Waals surface area contributed by atoms with Gasteiger partial charge in [-0.15, -0.1) is 0 Å². The Morgan fingerprint density at radius 1 is 1.39 bits per heavy atom. The lowest BCUT2D eigenvalue weighted by Crippen LogP contribution is -2.27. The molecule has 1 fully saturated rings. The summed E-state index contributed by atoms with van der Waals surface area (Å²) in [5, 5.41) is 2.77. The van der Waals surface area contributed by atoms with E-state index < -0.39 is 5.95 Å². The largest absolute Gasteiger partial charge is 0.352 e. The Morgan fingerprint density at radius 3 is 2.89 bits per heavy atom. The van der Waals surface area contributed by atoms with Crippen LogP contribution in [0.1, 0.15) is 48.9 Å². The number of hydrogen-bond donors (Lipinski definition) is 1. The van der Waals surface area contributed by atoms with Gasteiger partial charge in [0.15, 0.2) is 0 Å². The van der Waals surface area contributed by atoms with E-state index in [1.807, 2.05) is 0 Å². The lowest BCUT2D eigenvalue weighted by molar-refractivity contribution is 0.0945. The SMILES string of the molecule is O=C(NCCC1CCCCC1)c1cccnc1F. The molecule has 1 aromatic heterocycles. The van der Waals surface area contributed by atoms with Crippen molar-refractivity contribution in [3.8, 4) is 0 Å². The van der Waals surface area contributed by atoms with Gasteiger partial charge >= 0.3 is 0 Å². The Kier molecular flexibility index (Phi) is 4.67. The van der Waals surface area contributed by atoms with Crippen LogP contribution in [0.4, 0.5) is 4.39 Å². The number of nitrogens with one attached hydrogen (secondary N) is 1. The zero-order valence-corrected chi connectivity index (χ0v) is 10.5. The van der Waals surface area contributed by atoms with Crippen LogP contribution in [-0.4, -0.2) is 17.4 Å². The third-order valence-electron chi connectivity index (χ3n) is 3.57. The summed E-state index contributed by atoms with van der Waals surface area (Å²) in [5.74, 6) is -0.345. The van der Waals surface area contributed by atoms with Crippen LogP contribution in [0.15, 0.2) is 18.3 Å². The summed E-state index contributed by atoms with van der Waals surface area (Å²) >= 11 is 0. The normalized spacial score (nSPS) is 16.5. The number of halogens is 1. The molecular weight excluding hydrogens is 231 g/mol. The van der Waals surface area contributed by atoms with Gasteiger partial charge in [-0.25, -0.2) is 4.98 Å². The number of carbonyl (C=O) groups excluding carboxylic acids is 1. The van der Waals surface area contributed by atoms with E-state index in [9.17, 15) is 9.18 Å². The maximum Gasteiger partial charge on any atom is 0.255 e. The van der Waals surface area contributed by atoms with Gasteiger partial charge in [-0.3, -0.25) is 4.79 Å².